The SMILES string of the molecule is COc1ccc(C(=O)NS(C)(=O)=O)c(F)c1.FC(F)(F)C1CCCCC1. The molecule has 0 atom stereocenters. The average Bonchev–Trinajstić information content (AvgIpc) is 2.53. The predicted molar refractivity (Wildman–Crippen MR) is 87.9 cm³/mol. The molecule has 148 valence electrons. The van der Waals surface area contributed by atoms with Gasteiger partial charge in [0.05, 0.1) is 24.8 Å². The summed E-state index contributed by atoms with van der Waals surface area (Å²) in [5.41, 5.74) is -0.355. The van der Waals surface area contributed by atoms with Gasteiger partial charge in [-0.05, 0) is 25.0 Å². The van der Waals surface area contributed by atoms with Crippen LogP contribution in [-0.2, 0) is 10.0 Å². The first kappa shape index (κ1) is 22.2. The van der Waals surface area contributed by atoms with Crippen LogP contribution in [0.4, 0.5) is 17.6 Å². The summed E-state index contributed by atoms with van der Waals surface area (Å²) in [6.45, 7) is 0. The number of ether oxygens (including phenoxy) is 1. The third-order valence-corrected chi connectivity index (χ3v) is 4.32. The Morgan fingerprint density at radius 2 is 1.77 bits per heavy atom. The van der Waals surface area contributed by atoms with Crippen LogP contribution >= 0.6 is 0 Å². The largest absolute Gasteiger partial charge is 0.497 e. The maximum atomic E-state index is 13.3. The van der Waals surface area contributed by atoms with Crippen molar-refractivity contribution in [3.05, 3.63) is 29.6 Å². The van der Waals surface area contributed by atoms with Gasteiger partial charge >= 0.3 is 6.18 Å². The van der Waals surface area contributed by atoms with E-state index in [-0.39, 0.29) is 11.3 Å². The summed E-state index contributed by atoms with van der Waals surface area (Å²) in [5.74, 6) is -2.61. The van der Waals surface area contributed by atoms with E-state index >= 15 is 0 Å². The molecule has 1 aromatic rings. The Labute approximate surface area is 149 Å². The molecule has 1 fully saturated rings. The highest BCUT2D eigenvalue weighted by Gasteiger charge is 2.39. The molecule has 0 aromatic heterocycles. The van der Waals surface area contributed by atoms with Crippen molar-refractivity contribution in [2.24, 2.45) is 5.92 Å². The smallest absolute Gasteiger partial charge is 0.391 e. The number of hydrogen-bond donors (Lipinski definition) is 1. The molecule has 1 saturated carbocycles. The van der Waals surface area contributed by atoms with E-state index in [1.807, 2.05) is 0 Å². The minimum absolute atomic E-state index is 0.244. The standard InChI is InChI=1S/C9H10FNO4S.C7H11F3/c1-15-6-3-4-7(8(10)5-6)9(12)11-16(2,13)14;8-7(9,10)6-4-2-1-3-5-6/h3-5H,1-2H3,(H,11,12);6H,1-5H2. The summed E-state index contributed by atoms with van der Waals surface area (Å²) in [5, 5.41) is 0. The average molecular weight is 399 g/mol. The van der Waals surface area contributed by atoms with Crippen molar-refractivity contribution in [2.45, 2.75) is 38.3 Å². The van der Waals surface area contributed by atoms with Gasteiger partial charge in [0.1, 0.15) is 11.6 Å². The molecule has 0 bridgehead atoms. The Bertz CT molecular complexity index is 713. The number of rotatable bonds is 3. The van der Waals surface area contributed by atoms with Gasteiger partial charge in [-0.1, -0.05) is 19.3 Å². The third-order valence-electron chi connectivity index (χ3n) is 3.77. The second-order valence-electron chi connectivity index (χ2n) is 5.93. The number of sulfonamides is 1. The molecule has 0 spiro atoms. The quantitative estimate of drug-likeness (QED) is 0.788. The van der Waals surface area contributed by atoms with Crippen LogP contribution in [0.25, 0.3) is 0 Å². The minimum atomic E-state index is -3.93. The van der Waals surface area contributed by atoms with Gasteiger partial charge in [0, 0.05) is 6.07 Å². The van der Waals surface area contributed by atoms with Crippen LogP contribution in [0.3, 0.4) is 0 Å². The van der Waals surface area contributed by atoms with Crippen LogP contribution in [0.15, 0.2) is 18.2 Å². The number of hydrogen-bond acceptors (Lipinski definition) is 4. The maximum Gasteiger partial charge on any atom is 0.391 e. The molecule has 0 unspecified atom stereocenters. The maximum absolute atomic E-state index is 13.3. The lowest BCUT2D eigenvalue weighted by atomic mass is 9.89. The first-order valence-corrected chi connectivity index (χ1v) is 9.75. The fourth-order valence-corrected chi connectivity index (χ4v) is 2.91. The Kier molecular flexibility index (Phi) is 7.86. The van der Waals surface area contributed by atoms with Crippen LogP contribution in [0.1, 0.15) is 42.5 Å². The molecular formula is C16H21F4NO4S. The highest BCUT2D eigenvalue weighted by molar-refractivity contribution is 7.89. The van der Waals surface area contributed by atoms with Crippen molar-refractivity contribution < 1.29 is 35.5 Å². The van der Waals surface area contributed by atoms with E-state index < -0.39 is 33.8 Å². The zero-order valence-electron chi connectivity index (χ0n) is 14.4. The number of nitrogens with one attached hydrogen (secondary N) is 1. The van der Waals surface area contributed by atoms with E-state index in [9.17, 15) is 30.8 Å². The fraction of sp³-hybridized carbons (Fsp3) is 0.562. The topological polar surface area (TPSA) is 72.5 Å². The number of amides is 1. The van der Waals surface area contributed by atoms with Gasteiger partial charge in [-0.15, -0.1) is 0 Å². The molecule has 2 rings (SSSR count). The zero-order valence-corrected chi connectivity index (χ0v) is 15.2. The van der Waals surface area contributed by atoms with Crippen molar-refractivity contribution in [1.29, 1.82) is 0 Å². The minimum Gasteiger partial charge on any atom is -0.497 e. The molecule has 26 heavy (non-hydrogen) atoms. The van der Waals surface area contributed by atoms with Crippen LogP contribution < -0.4 is 9.46 Å². The number of benzene rings is 1. The van der Waals surface area contributed by atoms with E-state index in [2.05, 4.69) is 0 Å². The highest BCUT2D eigenvalue weighted by Crippen LogP contribution is 2.37. The van der Waals surface area contributed by atoms with Gasteiger partial charge in [0.2, 0.25) is 10.0 Å². The zero-order chi connectivity index (χ0) is 20.0. The molecule has 0 radical (unpaired) electrons. The number of methoxy groups -OCH3 is 1. The molecule has 1 amide bonds. The lowest BCUT2D eigenvalue weighted by Crippen LogP contribution is -2.29. The number of carbonyl (C=O) groups excluding carboxylic acids is 1. The van der Waals surface area contributed by atoms with Gasteiger partial charge in [-0.25, -0.2) is 17.5 Å². The van der Waals surface area contributed by atoms with Crippen molar-refractivity contribution in [3.63, 3.8) is 0 Å². The molecular weight excluding hydrogens is 378 g/mol. The summed E-state index contributed by atoms with van der Waals surface area (Å²) in [6, 6.07) is 3.51. The van der Waals surface area contributed by atoms with Crippen molar-refractivity contribution >= 4 is 15.9 Å². The summed E-state index contributed by atoms with van der Waals surface area (Å²) < 4.78 is 77.1. The molecule has 10 heteroatoms. The van der Waals surface area contributed by atoms with Crippen LogP contribution in [0.2, 0.25) is 0 Å². The molecule has 1 aliphatic rings. The van der Waals surface area contributed by atoms with Crippen molar-refractivity contribution in [3.8, 4) is 5.75 Å². The second-order valence-corrected chi connectivity index (χ2v) is 7.67. The van der Waals surface area contributed by atoms with E-state index in [4.69, 9.17) is 4.74 Å². The van der Waals surface area contributed by atoms with Crippen molar-refractivity contribution in [2.75, 3.05) is 13.4 Å². The van der Waals surface area contributed by atoms with E-state index in [0.717, 1.165) is 37.7 Å². The number of alkyl halides is 3. The lowest BCUT2D eigenvalue weighted by molar-refractivity contribution is -0.181. The Morgan fingerprint density at radius 3 is 2.15 bits per heavy atom. The first-order chi connectivity index (χ1) is 11.9. The molecule has 0 heterocycles. The normalized spacial score (nSPS) is 15.6. The van der Waals surface area contributed by atoms with E-state index in [1.54, 1.807) is 4.72 Å². The van der Waals surface area contributed by atoms with Gasteiger partial charge < -0.3 is 4.74 Å². The number of carbonyl (C=O) groups is 1. The van der Waals surface area contributed by atoms with E-state index in [1.165, 1.54) is 13.2 Å². The summed E-state index contributed by atoms with van der Waals surface area (Å²) in [6.07, 6.45) is 0.0701. The molecule has 1 aliphatic carbocycles. The van der Waals surface area contributed by atoms with Crippen LogP contribution in [0.5, 0.6) is 5.75 Å². The fourth-order valence-electron chi connectivity index (χ4n) is 2.46. The highest BCUT2D eigenvalue weighted by atomic mass is 32.2. The summed E-state index contributed by atoms with van der Waals surface area (Å²) in [4.78, 5) is 11.3. The predicted octanol–water partition coefficient (Wildman–Crippen LogP) is 3.65. The Balaban J connectivity index is 0.000000289. The molecule has 0 saturated heterocycles. The van der Waals surface area contributed by atoms with Crippen LogP contribution in [0, 0.1) is 11.7 Å². The van der Waals surface area contributed by atoms with E-state index in [0.29, 0.717) is 12.8 Å². The second kappa shape index (κ2) is 9.20. The number of halogens is 4. The monoisotopic (exact) mass is 399 g/mol. The van der Waals surface area contributed by atoms with Gasteiger partial charge in [0.25, 0.3) is 5.91 Å². The lowest BCUT2D eigenvalue weighted by Gasteiger charge is -2.23. The Hall–Kier alpha value is -1.84. The first-order valence-electron chi connectivity index (χ1n) is 7.86. The molecule has 1 aromatic carbocycles. The third kappa shape index (κ3) is 7.59. The van der Waals surface area contributed by atoms with Gasteiger partial charge in [-0.3, -0.25) is 4.79 Å². The van der Waals surface area contributed by atoms with Crippen molar-refractivity contribution in [1.82, 2.24) is 4.72 Å². The van der Waals surface area contributed by atoms with Gasteiger partial charge in [-0.2, -0.15) is 13.2 Å². The van der Waals surface area contributed by atoms with Crippen LogP contribution in [-0.4, -0.2) is 33.9 Å². The van der Waals surface area contributed by atoms with Gasteiger partial charge in [0.15, 0.2) is 0 Å². The molecule has 0 aliphatic heterocycles. The Morgan fingerprint density at radius 1 is 1.19 bits per heavy atom. The summed E-state index contributed by atoms with van der Waals surface area (Å²) in [7, 11) is -2.35. The summed E-state index contributed by atoms with van der Waals surface area (Å²) >= 11 is 0. The molecule has 5 nitrogen and oxygen atoms in total. The molecule has 1 N–H and O–H groups in total.